The van der Waals surface area contributed by atoms with Crippen LogP contribution in [-0.4, -0.2) is 53.9 Å². The minimum absolute atomic E-state index is 0.0632. The lowest BCUT2D eigenvalue weighted by atomic mass is 10.1. The Morgan fingerprint density at radius 2 is 1.97 bits per heavy atom. The van der Waals surface area contributed by atoms with Crippen LogP contribution in [0.1, 0.15) is 46.5 Å². The molecule has 1 unspecified atom stereocenters. The topological polar surface area (TPSA) is 65.5 Å². The molecule has 152 valence electrons. The van der Waals surface area contributed by atoms with E-state index >= 15 is 0 Å². The third-order valence-electron chi connectivity index (χ3n) is 5.73. The van der Waals surface area contributed by atoms with Gasteiger partial charge in [-0.3, -0.25) is 9.59 Å². The molecule has 6 heteroatoms. The van der Waals surface area contributed by atoms with Gasteiger partial charge in [-0.1, -0.05) is 32.0 Å². The zero-order valence-corrected chi connectivity index (χ0v) is 17.1. The minimum Gasteiger partial charge on any atom is -0.352 e. The number of rotatable bonds is 5. The fourth-order valence-electron chi connectivity index (χ4n) is 4.12. The van der Waals surface area contributed by atoms with E-state index in [4.69, 9.17) is 0 Å². The zero-order valence-electron chi connectivity index (χ0n) is 17.1. The summed E-state index contributed by atoms with van der Waals surface area (Å²) in [6, 6.07) is 11.6. The molecule has 0 saturated carbocycles. The lowest BCUT2D eigenvalue weighted by molar-refractivity contribution is 0.0724. The van der Waals surface area contributed by atoms with E-state index < -0.39 is 0 Å². The van der Waals surface area contributed by atoms with Crippen LogP contribution in [0.2, 0.25) is 0 Å². The summed E-state index contributed by atoms with van der Waals surface area (Å²) < 4.78 is 0. The first-order valence-corrected chi connectivity index (χ1v) is 10.4. The molecule has 0 spiro atoms. The number of hydrogen-bond donors (Lipinski definition) is 1. The van der Waals surface area contributed by atoms with Gasteiger partial charge in [-0.25, -0.2) is 4.98 Å². The summed E-state index contributed by atoms with van der Waals surface area (Å²) in [5.74, 6) is 1.54. The van der Waals surface area contributed by atoms with Gasteiger partial charge in [-0.15, -0.1) is 0 Å². The van der Waals surface area contributed by atoms with E-state index in [1.54, 1.807) is 6.20 Å². The second kappa shape index (κ2) is 8.23. The smallest absolute Gasteiger partial charge is 0.253 e. The number of nitrogens with one attached hydrogen (secondary N) is 1. The molecule has 1 N–H and O–H groups in total. The number of aromatic nitrogens is 1. The van der Waals surface area contributed by atoms with Crippen molar-refractivity contribution in [3.8, 4) is 0 Å². The Kier molecular flexibility index (Phi) is 5.51. The quantitative estimate of drug-likeness (QED) is 0.850. The molecule has 1 atom stereocenters. The molecule has 3 heterocycles. The summed E-state index contributed by atoms with van der Waals surface area (Å²) in [7, 11) is 0. The van der Waals surface area contributed by atoms with Crippen LogP contribution < -0.4 is 10.2 Å². The second-order valence-electron chi connectivity index (χ2n) is 8.31. The van der Waals surface area contributed by atoms with Gasteiger partial charge >= 0.3 is 0 Å². The number of carbonyl (C=O) groups excluding carboxylic acids is 2. The SMILES string of the molecule is CC(C)CCNC(=O)c1cnc2c(c1)CC1CN(C(=O)c3ccccc3)CCN21. The molecule has 0 radical (unpaired) electrons. The van der Waals surface area contributed by atoms with Gasteiger partial charge in [0.15, 0.2) is 0 Å². The Balaban J connectivity index is 1.42. The van der Waals surface area contributed by atoms with E-state index in [0.717, 1.165) is 36.3 Å². The van der Waals surface area contributed by atoms with E-state index in [1.165, 1.54) is 0 Å². The zero-order chi connectivity index (χ0) is 20.4. The predicted molar refractivity (Wildman–Crippen MR) is 113 cm³/mol. The molecule has 4 rings (SSSR count). The van der Waals surface area contributed by atoms with Crippen molar-refractivity contribution in [2.75, 3.05) is 31.1 Å². The highest BCUT2D eigenvalue weighted by atomic mass is 16.2. The van der Waals surface area contributed by atoms with E-state index in [-0.39, 0.29) is 17.9 Å². The normalized spacial score (nSPS) is 17.8. The molecule has 2 amide bonds. The number of piperazine rings is 1. The van der Waals surface area contributed by atoms with Crippen molar-refractivity contribution in [2.45, 2.75) is 32.7 Å². The third-order valence-corrected chi connectivity index (χ3v) is 5.73. The summed E-state index contributed by atoms with van der Waals surface area (Å²) in [6.45, 7) is 7.10. The first kappa shape index (κ1) is 19.4. The van der Waals surface area contributed by atoms with Crippen LogP contribution in [0, 0.1) is 5.92 Å². The number of amides is 2. The van der Waals surface area contributed by atoms with Crippen molar-refractivity contribution in [3.05, 3.63) is 59.3 Å². The predicted octanol–water partition coefficient (Wildman–Crippen LogP) is 2.74. The Morgan fingerprint density at radius 3 is 2.72 bits per heavy atom. The van der Waals surface area contributed by atoms with Crippen LogP contribution in [0.15, 0.2) is 42.6 Å². The average molecular weight is 393 g/mol. The van der Waals surface area contributed by atoms with Crippen molar-refractivity contribution < 1.29 is 9.59 Å². The lowest BCUT2D eigenvalue weighted by Gasteiger charge is -2.38. The van der Waals surface area contributed by atoms with Crippen molar-refractivity contribution in [2.24, 2.45) is 5.92 Å². The first-order chi connectivity index (χ1) is 14.0. The Hall–Kier alpha value is -2.89. The molecule has 1 saturated heterocycles. The molecule has 2 aliphatic heterocycles. The lowest BCUT2D eigenvalue weighted by Crippen LogP contribution is -2.53. The van der Waals surface area contributed by atoms with Gasteiger partial charge in [-0.05, 0) is 42.5 Å². The van der Waals surface area contributed by atoms with E-state index in [2.05, 4.69) is 29.0 Å². The molecule has 2 aliphatic rings. The van der Waals surface area contributed by atoms with E-state index in [1.807, 2.05) is 41.3 Å². The van der Waals surface area contributed by atoms with Crippen LogP contribution in [0.5, 0.6) is 0 Å². The monoisotopic (exact) mass is 392 g/mol. The number of carbonyl (C=O) groups is 2. The molecule has 29 heavy (non-hydrogen) atoms. The summed E-state index contributed by atoms with van der Waals surface area (Å²) in [5.41, 5.74) is 2.44. The third kappa shape index (κ3) is 4.11. The van der Waals surface area contributed by atoms with Gasteiger partial charge in [0.05, 0.1) is 11.6 Å². The maximum atomic E-state index is 12.8. The van der Waals surface area contributed by atoms with Gasteiger partial charge in [0.25, 0.3) is 11.8 Å². The Labute approximate surface area is 171 Å². The molecule has 2 aromatic rings. The van der Waals surface area contributed by atoms with Crippen LogP contribution in [-0.2, 0) is 6.42 Å². The van der Waals surface area contributed by atoms with Crippen molar-refractivity contribution in [1.82, 2.24) is 15.2 Å². The summed E-state index contributed by atoms with van der Waals surface area (Å²) in [4.78, 5) is 34.0. The summed E-state index contributed by atoms with van der Waals surface area (Å²) in [6.07, 6.45) is 3.45. The van der Waals surface area contributed by atoms with Crippen LogP contribution in [0.4, 0.5) is 5.82 Å². The highest BCUT2D eigenvalue weighted by Crippen LogP contribution is 2.33. The maximum Gasteiger partial charge on any atom is 0.253 e. The molecule has 1 aromatic carbocycles. The van der Waals surface area contributed by atoms with Gasteiger partial charge < -0.3 is 15.1 Å². The number of fused-ring (bicyclic) bond motifs is 3. The number of nitrogens with zero attached hydrogens (tertiary/aromatic N) is 3. The number of anilines is 1. The van der Waals surface area contributed by atoms with E-state index in [9.17, 15) is 9.59 Å². The number of hydrogen-bond acceptors (Lipinski definition) is 4. The largest absolute Gasteiger partial charge is 0.352 e. The minimum atomic E-state index is -0.0632. The molecular weight excluding hydrogens is 364 g/mol. The summed E-state index contributed by atoms with van der Waals surface area (Å²) >= 11 is 0. The Bertz CT molecular complexity index is 897. The van der Waals surface area contributed by atoms with Crippen molar-refractivity contribution >= 4 is 17.6 Å². The molecule has 1 aromatic heterocycles. The first-order valence-electron chi connectivity index (χ1n) is 10.4. The second-order valence-corrected chi connectivity index (χ2v) is 8.31. The van der Waals surface area contributed by atoms with E-state index in [0.29, 0.717) is 31.1 Å². The average Bonchev–Trinajstić information content (AvgIpc) is 3.10. The van der Waals surface area contributed by atoms with Crippen LogP contribution in [0.3, 0.4) is 0 Å². The molecule has 1 fully saturated rings. The molecule has 0 bridgehead atoms. The van der Waals surface area contributed by atoms with Crippen molar-refractivity contribution in [1.29, 1.82) is 0 Å². The highest BCUT2D eigenvalue weighted by molar-refractivity contribution is 5.95. The van der Waals surface area contributed by atoms with Crippen LogP contribution >= 0.6 is 0 Å². The fourth-order valence-corrected chi connectivity index (χ4v) is 4.12. The van der Waals surface area contributed by atoms with Crippen LogP contribution in [0.25, 0.3) is 0 Å². The number of pyridine rings is 1. The van der Waals surface area contributed by atoms with Crippen molar-refractivity contribution in [3.63, 3.8) is 0 Å². The Morgan fingerprint density at radius 1 is 1.17 bits per heavy atom. The van der Waals surface area contributed by atoms with Gasteiger partial charge in [-0.2, -0.15) is 0 Å². The summed E-state index contributed by atoms with van der Waals surface area (Å²) in [5, 5.41) is 2.98. The molecular formula is C23H28N4O2. The van der Waals surface area contributed by atoms with Gasteiger partial charge in [0, 0.05) is 37.9 Å². The van der Waals surface area contributed by atoms with Gasteiger partial charge in [0.2, 0.25) is 0 Å². The van der Waals surface area contributed by atoms with Gasteiger partial charge in [0.1, 0.15) is 5.82 Å². The maximum absolute atomic E-state index is 12.8. The highest BCUT2D eigenvalue weighted by Gasteiger charge is 2.37. The molecule has 0 aliphatic carbocycles. The molecule has 6 nitrogen and oxygen atoms in total. The fraction of sp³-hybridized carbons (Fsp3) is 0.435. The number of benzene rings is 1. The standard InChI is InChI=1S/C23H28N4O2/c1-16(2)8-9-24-22(28)19-12-18-13-20-15-26(10-11-27(20)21(18)25-14-19)23(29)17-6-4-3-5-7-17/h3-7,12,14,16,20H,8-11,13,15H2,1-2H3,(H,24,28).